The first-order valence-electron chi connectivity index (χ1n) is 7.75. The molecule has 3 aromatic heterocycles. The van der Waals surface area contributed by atoms with Gasteiger partial charge in [0.15, 0.2) is 0 Å². The topological polar surface area (TPSA) is 67.1 Å². The van der Waals surface area contributed by atoms with E-state index in [0.717, 1.165) is 42.1 Å². The minimum absolute atomic E-state index is 0.410. The number of hydrogen-bond donors (Lipinski definition) is 2. The van der Waals surface area contributed by atoms with Gasteiger partial charge in [0.25, 0.3) is 0 Å². The van der Waals surface area contributed by atoms with E-state index in [1.807, 2.05) is 12.1 Å². The number of pyridine rings is 1. The highest BCUT2D eigenvalue weighted by Gasteiger charge is 2.15. The molecule has 0 amide bonds. The maximum atomic E-state index is 9.62. The van der Waals surface area contributed by atoms with Crippen LogP contribution in [0.3, 0.4) is 0 Å². The molecule has 0 aliphatic carbocycles. The highest BCUT2D eigenvalue weighted by atomic mass is 35.5. The Bertz CT molecular complexity index is 834. The number of hydrogen-bond acceptors (Lipinski definition) is 5. The Morgan fingerprint density at radius 1 is 1.28 bits per heavy atom. The van der Waals surface area contributed by atoms with Crippen LogP contribution < -0.4 is 10.6 Å². The first kappa shape index (κ1) is 17.5. The van der Waals surface area contributed by atoms with E-state index >= 15 is 0 Å². The Kier molecular flexibility index (Phi) is 5.72. The van der Waals surface area contributed by atoms with Crippen LogP contribution in [0.2, 0.25) is 5.02 Å². The van der Waals surface area contributed by atoms with Crippen molar-refractivity contribution in [2.75, 3.05) is 25.3 Å². The van der Waals surface area contributed by atoms with Crippen LogP contribution in [0, 0.1) is 0 Å². The standard InChI is InChI=1S/C15H15ClN6.CH2F2/c16-10-1-2-14-12(6-19-22(14)9-10)13-7-18-8-15(21-13)20-11-3-4-17-5-11;2-1-3/h1-2,6-9,11,17H,3-5H2,(H,20,21);1H2. The Morgan fingerprint density at radius 3 is 2.88 bits per heavy atom. The molecule has 1 unspecified atom stereocenters. The van der Waals surface area contributed by atoms with E-state index in [0.29, 0.717) is 11.1 Å². The van der Waals surface area contributed by atoms with Crippen LogP contribution in [0.25, 0.3) is 16.8 Å². The van der Waals surface area contributed by atoms with Gasteiger partial charge in [0.1, 0.15) is 5.82 Å². The summed E-state index contributed by atoms with van der Waals surface area (Å²) in [4.78, 5) is 8.96. The van der Waals surface area contributed by atoms with Crippen LogP contribution in [0.5, 0.6) is 0 Å². The van der Waals surface area contributed by atoms with Gasteiger partial charge in [-0.15, -0.1) is 0 Å². The number of aromatic nitrogens is 4. The molecule has 25 heavy (non-hydrogen) atoms. The van der Waals surface area contributed by atoms with Crippen molar-refractivity contribution >= 4 is 22.9 Å². The van der Waals surface area contributed by atoms with Gasteiger partial charge in [-0.1, -0.05) is 11.6 Å². The van der Waals surface area contributed by atoms with Crippen molar-refractivity contribution in [1.82, 2.24) is 24.9 Å². The number of nitrogens with zero attached hydrogens (tertiary/aromatic N) is 4. The van der Waals surface area contributed by atoms with Crippen molar-refractivity contribution in [1.29, 1.82) is 0 Å². The third kappa shape index (κ3) is 4.21. The zero-order chi connectivity index (χ0) is 17.6. The highest BCUT2D eigenvalue weighted by Crippen LogP contribution is 2.24. The monoisotopic (exact) mass is 366 g/mol. The Balaban J connectivity index is 0.000000569. The van der Waals surface area contributed by atoms with Gasteiger partial charge < -0.3 is 10.6 Å². The number of rotatable bonds is 3. The van der Waals surface area contributed by atoms with Crippen molar-refractivity contribution in [3.63, 3.8) is 0 Å². The smallest absolute Gasteiger partial charge is 0.229 e. The molecule has 0 saturated carbocycles. The van der Waals surface area contributed by atoms with Gasteiger partial charge >= 0.3 is 0 Å². The number of nitrogens with one attached hydrogen (secondary N) is 2. The lowest BCUT2D eigenvalue weighted by atomic mass is 10.2. The maximum Gasteiger partial charge on any atom is 0.229 e. The summed E-state index contributed by atoms with van der Waals surface area (Å²) in [6.07, 6.45) is 8.17. The van der Waals surface area contributed by atoms with Crippen molar-refractivity contribution in [3.8, 4) is 11.3 Å². The number of halogens is 3. The molecule has 2 N–H and O–H groups in total. The van der Waals surface area contributed by atoms with Gasteiger partial charge in [0, 0.05) is 24.3 Å². The van der Waals surface area contributed by atoms with Gasteiger partial charge in [-0.3, -0.25) is 4.98 Å². The number of anilines is 1. The lowest BCUT2D eigenvalue weighted by Crippen LogP contribution is -2.22. The summed E-state index contributed by atoms with van der Waals surface area (Å²) < 4.78 is 21.0. The molecule has 6 nitrogen and oxygen atoms in total. The first-order valence-corrected chi connectivity index (χ1v) is 8.13. The molecule has 4 heterocycles. The molecule has 1 saturated heterocycles. The number of alkyl halides is 2. The molecule has 4 rings (SSSR count). The molecule has 0 spiro atoms. The van der Waals surface area contributed by atoms with Gasteiger partial charge in [-0.2, -0.15) is 5.10 Å². The van der Waals surface area contributed by atoms with Crippen LogP contribution in [0.15, 0.2) is 36.9 Å². The zero-order valence-electron chi connectivity index (χ0n) is 13.3. The van der Waals surface area contributed by atoms with Gasteiger partial charge in [-0.05, 0) is 25.1 Å². The molecular formula is C16H17ClF2N6. The van der Waals surface area contributed by atoms with E-state index in [4.69, 9.17) is 11.6 Å². The second-order valence-corrected chi connectivity index (χ2v) is 5.90. The van der Waals surface area contributed by atoms with Gasteiger partial charge in [0.05, 0.1) is 34.8 Å². The maximum absolute atomic E-state index is 9.62. The van der Waals surface area contributed by atoms with Crippen molar-refractivity contribution in [3.05, 3.63) is 41.9 Å². The van der Waals surface area contributed by atoms with Crippen LogP contribution in [0.1, 0.15) is 6.42 Å². The quantitative estimate of drug-likeness (QED) is 0.745. The SMILES string of the molecule is Clc1ccc2c(-c3cncc(NC4CCNC4)n3)cnn2c1.FCF. The molecule has 0 bridgehead atoms. The van der Waals surface area contributed by atoms with Crippen molar-refractivity contribution in [2.24, 2.45) is 0 Å². The second kappa shape index (κ2) is 8.17. The van der Waals surface area contributed by atoms with E-state index in [9.17, 15) is 8.78 Å². The van der Waals surface area contributed by atoms with Crippen LogP contribution in [-0.4, -0.2) is 45.6 Å². The van der Waals surface area contributed by atoms with Crippen LogP contribution in [-0.2, 0) is 0 Å². The van der Waals surface area contributed by atoms with Crippen LogP contribution in [0.4, 0.5) is 14.6 Å². The largest absolute Gasteiger partial charge is 0.365 e. The lowest BCUT2D eigenvalue weighted by molar-refractivity contribution is 0.295. The minimum Gasteiger partial charge on any atom is -0.365 e. The minimum atomic E-state index is -1.75. The zero-order valence-corrected chi connectivity index (χ0v) is 14.0. The fraction of sp³-hybridized carbons (Fsp3) is 0.312. The third-order valence-corrected chi connectivity index (χ3v) is 4.03. The lowest BCUT2D eigenvalue weighted by Gasteiger charge is -2.12. The van der Waals surface area contributed by atoms with E-state index in [-0.39, 0.29) is 0 Å². The summed E-state index contributed by atoms with van der Waals surface area (Å²) in [7, 11) is 0. The summed E-state index contributed by atoms with van der Waals surface area (Å²) >= 11 is 5.99. The highest BCUT2D eigenvalue weighted by molar-refractivity contribution is 6.30. The van der Waals surface area contributed by atoms with Crippen molar-refractivity contribution < 1.29 is 8.78 Å². The van der Waals surface area contributed by atoms with Gasteiger partial charge in [-0.25, -0.2) is 18.3 Å². The average molecular weight is 367 g/mol. The van der Waals surface area contributed by atoms with E-state index < -0.39 is 6.93 Å². The van der Waals surface area contributed by atoms with E-state index in [1.54, 1.807) is 29.3 Å². The molecule has 9 heteroatoms. The summed E-state index contributed by atoms with van der Waals surface area (Å²) in [5, 5.41) is 11.7. The fourth-order valence-electron chi connectivity index (χ4n) is 2.71. The molecule has 0 radical (unpaired) electrons. The molecule has 0 aromatic carbocycles. The molecule has 1 aliphatic heterocycles. The molecule has 132 valence electrons. The average Bonchev–Trinajstić information content (AvgIpc) is 3.25. The van der Waals surface area contributed by atoms with E-state index in [1.165, 1.54) is 0 Å². The summed E-state index contributed by atoms with van der Waals surface area (Å²) in [6.45, 7) is 0.251. The molecule has 1 atom stereocenters. The molecular weight excluding hydrogens is 350 g/mol. The van der Waals surface area contributed by atoms with Crippen LogP contribution >= 0.6 is 11.6 Å². The van der Waals surface area contributed by atoms with Gasteiger partial charge in [0.2, 0.25) is 6.93 Å². The molecule has 1 aliphatic rings. The summed E-state index contributed by atoms with van der Waals surface area (Å²) in [5.74, 6) is 0.791. The number of fused-ring (bicyclic) bond motifs is 1. The Labute approximate surface area is 148 Å². The summed E-state index contributed by atoms with van der Waals surface area (Å²) in [5.41, 5.74) is 2.70. The third-order valence-electron chi connectivity index (χ3n) is 3.80. The predicted molar refractivity (Wildman–Crippen MR) is 93.2 cm³/mol. The first-order chi connectivity index (χ1) is 12.2. The second-order valence-electron chi connectivity index (χ2n) is 5.46. The predicted octanol–water partition coefficient (Wildman–Crippen LogP) is 3.10. The van der Waals surface area contributed by atoms with Crippen molar-refractivity contribution in [2.45, 2.75) is 12.5 Å². The Morgan fingerprint density at radius 2 is 2.12 bits per heavy atom. The van der Waals surface area contributed by atoms with E-state index in [2.05, 4.69) is 25.7 Å². The Hall–Kier alpha value is -2.32. The molecule has 3 aromatic rings. The normalized spacial score (nSPS) is 16.5. The fourth-order valence-corrected chi connectivity index (χ4v) is 2.86. The summed E-state index contributed by atoms with van der Waals surface area (Å²) in [6, 6.07) is 4.20. The molecule has 1 fully saturated rings.